The molecule has 1 aliphatic heterocycles. The van der Waals surface area contributed by atoms with Crippen LogP contribution in [0, 0.1) is 0 Å². The summed E-state index contributed by atoms with van der Waals surface area (Å²) < 4.78 is 0. The fraction of sp³-hybridized carbons (Fsp3) is 0.600. The van der Waals surface area contributed by atoms with Crippen LogP contribution in [0.25, 0.3) is 0 Å². The van der Waals surface area contributed by atoms with Crippen LogP contribution in [0.1, 0.15) is 20.3 Å². The van der Waals surface area contributed by atoms with E-state index < -0.39 is 29.3 Å². The Morgan fingerprint density at radius 3 is 2.61 bits per heavy atom. The summed E-state index contributed by atoms with van der Waals surface area (Å²) in [6.07, 6.45) is -0.0122. The number of halogens is 1. The molecule has 0 aliphatic carbocycles. The van der Waals surface area contributed by atoms with E-state index in [9.17, 15) is 19.2 Å². The van der Waals surface area contributed by atoms with E-state index in [4.69, 9.17) is 11.6 Å². The molecular weight excluding hydrogens is 262 g/mol. The van der Waals surface area contributed by atoms with Crippen LogP contribution in [-0.2, 0) is 14.4 Å². The lowest BCUT2D eigenvalue weighted by Crippen LogP contribution is -2.67. The number of hydrogen-bond acceptors (Lipinski definition) is 4. The lowest BCUT2D eigenvalue weighted by atomic mass is 9.99. The molecule has 0 aromatic carbocycles. The fourth-order valence-electron chi connectivity index (χ4n) is 1.44. The van der Waals surface area contributed by atoms with Crippen molar-refractivity contribution in [2.24, 2.45) is 0 Å². The van der Waals surface area contributed by atoms with Gasteiger partial charge < -0.3 is 4.90 Å². The predicted molar refractivity (Wildman–Crippen MR) is 62.8 cm³/mol. The Kier molecular flexibility index (Phi) is 4.28. The normalized spacial score (nSPS) is 18.3. The summed E-state index contributed by atoms with van der Waals surface area (Å²) in [6, 6.07) is -0.779. The number of carbonyl (C=O) groups excluding carboxylic acids is 4. The number of urea groups is 1. The van der Waals surface area contributed by atoms with Gasteiger partial charge in [-0.15, -0.1) is 11.6 Å². The summed E-state index contributed by atoms with van der Waals surface area (Å²) >= 11 is 5.36. The maximum Gasteiger partial charge on any atom is 0.325 e. The maximum absolute atomic E-state index is 11.8. The third-order valence-corrected chi connectivity index (χ3v) is 2.79. The molecule has 1 heterocycles. The smallest absolute Gasteiger partial charge is 0.301 e. The van der Waals surface area contributed by atoms with Crippen molar-refractivity contribution in [2.75, 3.05) is 12.4 Å². The predicted octanol–water partition coefficient (Wildman–Crippen LogP) is -0.411. The Hall–Kier alpha value is -1.63. The Balaban J connectivity index is 2.79. The molecule has 0 spiro atoms. The van der Waals surface area contributed by atoms with Crippen molar-refractivity contribution in [1.29, 1.82) is 0 Å². The van der Waals surface area contributed by atoms with Crippen molar-refractivity contribution in [2.45, 2.75) is 25.8 Å². The van der Waals surface area contributed by atoms with Crippen molar-refractivity contribution >= 4 is 35.4 Å². The third-order valence-electron chi connectivity index (χ3n) is 2.60. The van der Waals surface area contributed by atoms with Gasteiger partial charge >= 0.3 is 6.03 Å². The number of nitrogens with one attached hydrogen (secondary N) is 2. The summed E-state index contributed by atoms with van der Waals surface area (Å²) in [5.41, 5.74) is -1.20. The number of piperazine rings is 1. The summed E-state index contributed by atoms with van der Waals surface area (Å²) in [6.45, 7) is 2.69. The molecule has 0 aromatic heterocycles. The lowest BCUT2D eigenvalue weighted by Gasteiger charge is -2.39. The van der Waals surface area contributed by atoms with E-state index in [1.165, 1.54) is 13.8 Å². The molecule has 18 heavy (non-hydrogen) atoms. The molecule has 0 bridgehead atoms. The van der Waals surface area contributed by atoms with Crippen LogP contribution in [0.4, 0.5) is 4.79 Å². The number of rotatable bonds is 2. The Labute approximate surface area is 109 Å². The molecule has 1 rings (SSSR count). The van der Waals surface area contributed by atoms with E-state index in [0.717, 1.165) is 4.90 Å². The number of alkyl halides is 1. The molecule has 1 fully saturated rings. The zero-order valence-electron chi connectivity index (χ0n) is 10.1. The highest BCUT2D eigenvalue weighted by atomic mass is 35.5. The van der Waals surface area contributed by atoms with Crippen LogP contribution in [-0.4, -0.2) is 46.6 Å². The SMILES string of the molecule is CC1(C)C(=O)NC(=O)CN1C(=O)NC(=O)CCCl. The lowest BCUT2D eigenvalue weighted by molar-refractivity contribution is -0.143. The molecule has 2 N–H and O–H groups in total. The topological polar surface area (TPSA) is 95.6 Å². The minimum Gasteiger partial charge on any atom is -0.301 e. The van der Waals surface area contributed by atoms with Crippen LogP contribution in [0.3, 0.4) is 0 Å². The van der Waals surface area contributed by atoms with Gasteiger partial charge in [-0.3, -0.25) is 25.0 Å². The van der Waals surface area contributed by atoms with Gasteiger partial charge in [0.15, 0.2) is 0 Å². The Bertz CT molecular complexity index is 408. The maximum atomic E-state index is 11.8. The molecule has 0 aromatic rings. The molecule has 0 atom stereocenters. The Morgan fingerprint density at radius 1 is 1.44 bits per heavy atom. The first-order valence-electron chi connectivity index (χ1n) is 5.30. The van der Waals surface area contributed by atoms with E-state index in [-0.39, 0.29) is 18.8 Å². The molecule has 100 valence electrons. The van der Waals surface area contributed by atoms with E-state index >= 15 is 0 Å². The van der Waals surface area contributed by atoms with E-state index in [1.54, 1.807) is 0 Å². The number of hydrogen-bond donors (Lipinski definition) is 2. The van der Waals surface area contributed by atoms with Gasteiger partial charge in [0.2, 0.25) is 11.8 Å². The summed E-state index contributed by atoms with van der Waals surface area (Å²) in [5.74, 6) is -1.63. The van der Waals surface area contributed by atoms with Gasteiger partial charge in [-0.1, -0.05) is 0 Å². The van der Waals surface area contributed by atoms with E-state index in [0.29, 0.717) is 0 Å². The zero-order valence-corrected chi connectivity index (χ0v) is 10.8. The molecule has 5 amide bonds. The van der Waals surface area contributed by atoms with Crippen molar-refractivity contribution < 1.29 is 19.2 Å². The third kappa shape index (κ3) is 2.98. The second kappa shape index (κ2) is 5.34. The van der Waals surface area contributed by atoms with Gasteiger partial charge in [-0.05, 0) is 13.8 Å². The fourth-order valence-corrected chi connectivity index (χ4v) is 1.62. The van der Waals surface area contributed by atoms with Gasteiger partial charge in [0, 0.05) is 12.3 Å². The van der Waals surface area contributed by atoms with Gasteiger partial charge in [0.25, 0.3) is 5.91 Å². The number of imide groups is 2. The highest BCUT2D eigenvalue weighted by Gasteiger charge is 2.43. The first kappa shape index (κ1) is 14.4. The number of carbonyl (C=O) groups is 4. The largest absolute Gasteiger partial charge is 0.325 e. The summed E-state index contributed by atoms with van der Waals surface area (Å²) in [5, 5.41) is 4.21. The molecule has 0 unspecified atom stereocenters. The minimum absolute atomic E-state index is 0.0122. The summed E-state index contributed by atoms with van der Waals surface area (Å²) in [4.78, 5) is 46.9. The zero-order chi connectivity index (χ0) is 13.9. The second-order valence-electron chi connectivity index (χ2n) is 4.31. The summed E-state index contributed by atoms with van der Waals surface area (Å²) in [7, 11) is 0. The van der Waals surface area contributed by atoms with Crippen LogP contribution >= 0.6 is 11.6 Å². The van der Waals surface area contributed by atoms with Crippen molar-refractivity contribution in [1.82, 2.24) is 15.5 Å². The first-order valence-corrected chi connectivity index (χ1v) is 5.84. The van der Waals surface area contributed by atoms with E-state index in [1.807, 2.05) is 0 Å². The molecule has 8 heteroatoms. The van der Waals surface area contributed by atoms with Gasteiger partial charge in [-0.2, -0.15) is 0 Å². The highest BCUT2D eigenvalue weighted by Crippen LogP contribution is 2.17. The molecule has 7 nitrogen and oxygen atoms in total. The van der Waals surface area contributed by atoms with Crippen LogP contribution < -0.4 is 10.6 Å². The molecular formula is C10H14ClN3O4. The molecule has 1 aliphatic rings. The van der Waals surface area contributed by atoms with Crippen molar-refractivity contribution in [3.8, 4) is 0 Å². The van der Waals surface area contributed by atoms with Gasteiger partial charge in [0.05, 0.1) is 0 Å². The van der Waals surface area contributed by atoms with Gasteiger partial charge in [0.1, 0.15) is 12.1 Å². The monoisotopic (exact) mass is 275 g/mol. The van der Waals surface area contributed by atoms with E-state index in [2.05, 4.69) is 10.6 Å². The van der Waals surface area contributed by atoms with Crippen LogP contribution in [0.5, 0.6) is 0 Å². The van der Waals surface area contributed by atoms with Crippen LogP contribution in [0.15, 0.2) is 0 Å². The highest BCUT2D eigenvalue weighted by molar-refractivity contribution is 6.19. The van der Waals surface area contributed by atoms with Crippen LogP contribution in [0.2, 0.25) is 0 Å². The van der Waals surface area contributed by atoms with Crippen molar-refractivity contribution in [3.05, 3.63) is 0 Å². The average molecular weight is 276 g/mol. The quantitative estimate of drug-likeness (QED) is 0.529. The first-order chi connectivity index (χ1) is 8.28. The second-order valence-corrected chi connectivity index (χ2v) is 4.69. The number of amides is 5. The minimum atomic E-state index is -1.20. The average Bonchev–Trinajstić information content (AvgIpc) is 2.23. The molecule has 0 radical (unpaired) electrons. The molecule has 0 saturated carbocycles. The van der Waals surface area contributed by atoms with Crippen molar-refractivity contribution in [3.63, 3.8) is 0 Å². The van der Waals surface area contributed by atoms with Gasteiger partial charge in [-0.25, -0.2) is 4.79 Å². The standard InChI is InChI=1S/C10H14ClN3O4/c1-10(2)8(17)12-7(16)5-14(10)9(18)13-6(15)3-4-11/h3-5H2,1-2H3,(H,12,16,17)(H,13,15,18). The number of nitrogens with zero attached hydrogens (tertiary/aromatic N) is 1. The molecule has 1 saturated heterocycles. The Morgan fingerprint density at radius 2 is 2.06 bits per heavy atom.